The maximum absolute atomic E-state index is 12.8. The number of hydrogen-bond acceptors (Lipinski definition) is 6. The van der Waals surface area contributed by atoms with Crippen LogP contribution in [0.3, 0.4) is 0 Å². The average Bonchev–Trinajstić information content (AvgIpc) is 3.31. The molecule has 6 nitrogen and oxygen atoms in total. The average molecular weight is 921 g/mol. The van der Waals surface area contributed by atoms with Crippen molar-refractivity contribution in [3.8, 4) is 0 Å². The van der Waals surface area contributed by atoms with Crippen molar-refractivity contribution in [1.29, 1.82) is 0 Å². The minimum Gasteiger partial charge on any atom is -0.462 e. The summed E-state index contributed by atoms with van der Waals surface area (Å²) in [6.07, 6.45) is 69.0. The number of ether oxygens (including phenoxy) is 3. The van der Waals surface area contributed by atoms with Gasteiger partial charge >= 0.3 is 17.9 Å². The van der Waals surface area contributed by atoms with Crippen LogP contribution in [-0.2, 0) is 28.6 Å². The lowest BCUT2D eigenvalue weighted by Crippen LogP contribution is -2.30. The van der Waals surface area contributed by atoms with E-state index < -0.39 is 6.10 Å². The van der Waals surface area contributed by atoms with Crippen LogP contribution in [0.2, 0.25) is 0 Å². The third kappa shape index (κ3) is 51.8. The summed E-state index contributed by atoms with van der Waals surface area (Å²) in [6.45, 7) is 6.55. The highest BCUT2D eigenvalue weighted by Gasteiger charge is 2.19. The van der Waals surface area contributed by atoms with Gasteiger partial charge in [-0.3, -0.25) is 14.4 Å². The molecule has 0 N–H and O–H groups in total. The second kappa shape index (κ2) is 54.5. The third-order valence-corrected chi connectivity index (χ3v) is 11.9. The monoisotopic (exact) mass is 921 g/mol. The van der Waals surface area contributed by atoms with Crippen LogP contribution in [0, 0.1) is 0 Å². The van der Waals surface area contributed by atoms with Crippen LogP contribution in [0.1, 0.15) is 271 Å². The highest BCUT2D eigenvalue weighted by molar-refractivity contribution is 5.71. The Labute approximate surface area is 408 Å². The Morgan fingerprint density at radius 1 is 0.303 bits per heavy atom. The van der Waals surface area contributed by atoms with Gasteiger partial charge in [-0.25, -0.2) is 0 Å². The number of esters is 3. The fraction of sp³-hybridized carbons (Fsp3) is 0.750. The molecule has 0 aliphatic rings. The Kier molecular flexibility index (Phi) is 51.9. The van der Waals surface area contributed by atoms with Gasteiger partial charge in [0.2, 0.25) is 0 Å². The molecule has 0 aromatic carbocycles. The summed E-state index contributed by atoms with van der Waals surface area (Å²) in [5, 5.41) is 0. The van der Waals surface area contributed by atoms with Crippen molar-refractivity contribution in [1.82, 2.24) is 0 Å². The van der Waals surface area contributed by atoms with Crippen LogP contribution in [0.15, 0.2) is 72.9 Å². The first-order chi connectivity index (χ1) is 32.5. The van der Waals surface area contributed by atoms with Crippen molar-refractivity contribution < 1.29 is 28.6 Å². The van der Waals surface area contributed by atoms with Crippen molar-refractivity contribution in [2.45, 2.75) is 277 Å². The van der Waals surface area contributed by atoms with E-state index in [4.69, 9.17) is 14.2 Å². The normalized spacial score (nSPS) is 12.6. The van der Waals surface area contributed by atoms with Gasteiger partial charge in [-0.15, -0.1) is 0 Å². The molecule has 0 aromatic heterocycles. The first kappa shape index (κ1) is 62.8. The zero-order valence-corrected chi connectivity index (χ0v) is 43.4. The molecule has 0 aliphatic heterocycles. The molecule has 0 heterocycles. The molecule has 66 heavy (non-hydrogen) atoms. The first-order valence-corrected chi connectivity index (χ1v) is 27.9. The van der Waals surface area contributed by atoms with Crippen molar-refractivity contribution >= 4 is 17.9 Å². The van der Waals surface area contributed by atoms with Crippen molar-refractivity contribution in [2.75, 3.05) is 13.2 Å². The van der Waals surface area contributed by atoms with Crippen molar-refractivity contribution in [3.63, 3.8) is 0 Å². The largest absolute Gasteiger partial charge is 0.462 e. The summed E-state index contributed by atoms with van der Waals surface area (Å²) < 4.78 is 16.8. The minimum atomic E-state index is -0.813. The quantitative estimate of drug-likeness (QED) is 0.0262. The van der Waals surface area contributed by atoms with E-state index in [1.54, 1.807) is 0 Å². The highest BCUT2D eigenvalue weighted by Crippen LogP contribution is 2.14. The second-order valence-electron chi connectivity index (χ2n) is 18.5. The molecule has 0 rings (SSSR count). The predicted molar refractivity (Wildman–Crippen MR) is 284 cm³/mol. The van der Waals surface area contributed by atoms with Gasteiger partial charge in [-0.05, 0) is 109 Å². The molecule has 0 fully saturated rings. The Hall–Kier alpha value is -3.15. The van der Waals surface area contributed by atoms with Crippen LogP contribution < -0.4 is 0 Å². The van der Waals surface area contributed by atoms with Crippen molar-refractivity contribution in [2.24, 2.45) is 0 Å². The fourth-order valence-corrected chi connectivity index (χ4v) is 7.66. The summed E-state index contributed by atoms with van der Waals surface area (Å²) in [5.74, 6) is -0.981. The summed E-state index contributed by atoms with van der Waals surface area (Å²) in [7, 11) is 0. The van der Waals surface area contributed by atoms with E-state index in [0.29, 0.717) is 19.3 Å². The molecule has 6 heteroatoms. The van der Waals surface area contributed by atoms with Gasteiger partial charge in [0.05, 0.1) is 0 Å². The third-order valence-electron chi connectivity index (χ3n) is 11.9. The molecular formula is C60H104O6. The molecule has 1 unspecified atom stereocenters. The van der Waals surface area contributed by atoms with E-state index in [1.807, 2.05) is 0 Å². The van der Waals surface area contributed by atoms with Gasteiger partial charge in [0.1, 0.15) is 13.2 Å². The highest BCUT2D eigenvalue weighted by atomic mass is 16.6. The lowest BCUT2D eigenvalue weighted by molar-refractivity contribution is -0.167. The van der Waals surface area contributed by atoms with Gasteiger partial charge in [-0.1, -0.05) is 216 Å². The summed E-state index contributed by atoms with van der Waals surface area (Å²) >= 11 is 0. The van der Waals surface area contributed by atoms with Crippen LogP contribution >= 0.6 is 0 Å². The van der Waals surface area contributed by atoms with Gasteiger partial charge in [0, 0.05) is 19.3 Å². The predicted octanol–water partition coefficient (Wildman–Crippen LogP) is 18.6. The summed E-state index contributed by atoms with van der Waals surface area (Å²) in [5.41, 5.74) is 0. The Balaban J connectivity index is 4.48. The molecule has 0 aliphatic carbocycles. The number of unbranched alkanes of at least 4 members (excludes halogenated alkanes) is 27. The molecule has 0 saturated heterocycles. The number of carbonyl (C=O) groups is 3. The van der Waals surface area contributed by atoms with Gasteiger partial charge in [0.25, 0.3) is 0 Å². The fourth-order valence-electron chi connectivity index (χ4n) is 7.66. The second-order valence-corrected chi connectivity index (χ2v) is 18.5. The van der Waals surface area contributed by atoms with E-state index in [-0.39, 0.29) is 37.5 Å². The topological polar surface area (TPSA) is 78.9 Å². The van der Waals surface area contributed by atoms with E-state index in [1.165, 1.54) is 141 Å². The van der Waals surface area contributed by atoms with Gasteiger partial charge in [0.15, 0.2) is 6.10 Å². The standard InChI is InChI=1S/C60H104O6/c1-4-7-10-13-16-19-22-25-27-29-31-32-35-38-41-44-47-50-53-59(62)65-56-57(55-64-58(61)52-49-46-43-40-37-34-24-21-18-15-12-9-6-3)66-60(63)54-51-48-45-42-39-36-33-30-28-26-23-20-17-14-11-8-5-2/h17,20,26,28,31-34,36-37,42,45,57H,4-16,18-19,21-25,27,29-30,35,38-41,43-44,46-56H2,1-3H3/b20-17-,28-26-,32-31-,36-33-,37-34-,45-42-. The van der Waals surface area contributed by atoms with Crippen LogP contribution in [0.4, 0.5) is 0 Å². The van der Waals surface area contributed by atoms with Gasteiger partial charge < -0.3 is 14.2 Å². The van der Waals surface area contributed by atoms with E-state index >= 15 is 0 Å². The van der Waals surface area contributed by atoms with Crippen LogP contribution in [-0.4, -0.2) is 37.2 Å². The molecule has 0 saturated carbocycles. The van der Waals surface area contributed by atoms with Crippen LogP contribution in [0.25, 0.3) is 0 Å². The lowest BCUT2D eigenvalue weighted by atomic mass is 10.1. The molecule has 1 atom stereocenters. The van der Waals surface area contributed by atoms with E-state index in [2.05, 4.69) is 93.7 Å². The maximum atomic E-state index is 12.8. The first-order valence-electron chi connectivity index (χ1n) is 27.9. The molecule has 0 bridgehead atoms. The Bertz CT molecular complexity index is 1240. The number of allylic oxidation sites excluding steroid dienone is 12. The molecule has 380 valence electrons. The molecule has 0 radical (unpaired) electrons. The Morgan fingerprint density at radius 3 is 0.955 bits per heavy atom. The molecular weight excluding hydrogens is 817 g/mol. The lowest BCUT2D eigenvalue weighted by Gasteiger charge is -2.18. The SMILES string of the molecule is CCCCC/C=C\C/C=C\C/C=C\C/C=C\CCCC(=O)OC(COC(=O)CCCCC/C=C\CCCCCCCC)COC(=O)CCCCCCC/C=C\CCCCCCCCCCC. The molecule has 0 aromatic rings. The minimum absolute atomic E-state index is 0.106. The summed E-state index contributed by atoms with van der Waals surface area (Å²) in [6, 6.07) is 0. The smallest absolute Gasteiger partial charge is 0.306 e. The van der Waals surface area contributed by atoms with Crippen LogP contribution in [0.5, 0.6) is 0 Å². The number of rotatable bonds is 50. The zero-order chi connectivity index (χ0) is 47.9. The summed E-state index contributed by atoms with van der Waals surface area (Å²) in [4.78, 5) is 38.0. The maximum Gasteiger partial charge on any atom is 0.306 e. The number of carbonyl (C=O) groups excluding carboxylic acids is 3. The molecule has 0 amide bonds. The van der Waals surface area contributed by atoms with Crippen molar-refractivity contribution in [3.05, 3.63) is 72.9 Å². The van der Waals surface area contributed by atoms with E-state index in [9.17, 15) is 14.4 Å². The number of hydrogen-bond donors (Lipinski definition) is 0. The van der Waals surface area contributed by atoms with Gasteiger partial charge in [-0.2, -0.15) is 0 Å². The Morgan fingerprint density at radius 2 is 0.561 bits per heavy atom. The van der Waals surface area contributed by atoms with E-state index in [0.717, 1.165) is 83.5 Å². The zero-order valence-electron chi connectivity index (χ0n) is 43.4. The molecule has 0 spiro atoms.